The predicted molar refractivity (Wildman–Crippen MR) is 60.9 cm³/mol. The van der Waals surface area contributed by atoms with Crippen LogP contribution in [0.4, 0.5) is 0 Å². The Morgan fingerprint density at radius 3 is 1.12 bits per heavy atom. The fraction of sp³-hybridized carbons (Fsp3) is 0.500. The summed E-state index contributed by atoms with van der Waals surface area (Å²) in [6.07, 6.45) is 0. The summed E-state index contributed by atoms with van der Waals surface area (Å²) >= 11 is 0. The summed E-state index contributed by atoms with van der Waals surface area (Å²) in [4.78, 5) is 40.3. The van der Waals surface area contributed by atoms with Crippen molar-refractivity contribution < 1.29 is 29.9 Å². The van der Waals surface area contributed by atoms with Crippen molar-refractivity contribution in [1.29, 1.82) is 0 Å². The van der Waals surface area contributed by atoms with E-state index < -0.39 is 33.6 Å². The van der Waals surface area contributed by atoms with Gasteiger partial charge in [-0.1, -0.05) is 10.9 Å². The molecule has 2 heterocycles. The average Bonchev–Trinajstić information content (AvgIpc) is 3.09. The van der Waals surface area contributed by atoms with Crippen molar-refractivity contribution in [3.8, 4) is 0 Å². The van der Waals surface area contributed by atoms with Gasteiger partial charge in [-0.15, -0.1) is 20.5 Å². The van der Waals surface area contributed by atoms with Gasteiger partial charge in [-0.3, -0.25) is 0 Å². The molecule has 25 heavy (non-hydrogen) atoms. The normalized spacial score (nSPS) is 17.0. The Morgan fingerprint density at radius 2 is 0.960 bits per heavy atom. The number of carboxylic acid groups (broad SMARTS) is 2. The largest absolute Gasteiger partial charge is 2.00 e. The molecule has 128 valence electrons. The number of nitrogens with one attached hydrogen (secondary N) is 2. The maximum absolute atomic E-state index is 10.3. The second kappa shape index (κ2) is 8.90. The Hall–Kier alpha value is -2.78. The predicted octanol–water partition coefficient (Wildman–Crippen LogP) is -4.37. The van der Waals surface area contributed by atoms with E-state index in [1.165, 1.54) is 10.9 Å². The molecule has 0 unspecified atom stereocenters. The Balaban J connectivity index is 0.000000443. The molecule has 0 radical (unpaired) electrons. The van der Waals surface area contributed by atoms with E-state index in [1.807, 2.05) is 0 Å². The van der Waals surface area contributed by atoms with Crippen molar-refractivity contribution >= 4 is 57.4 Å². The van der Waals surface area contributed by atoms with Crippen molar-refractivity contribution in [2.75, 3.05) is 0 Å². The molecule has 0 aromatic rings. The smallest absolute Gasteiger partial charge is 0.543 e. The zero-order chi connectivity index (χ0) is 18.4. The van der Waals surface area contributed by atoms with E-state index in [0.29, 0.717) is 0 Å². The zero-order valence-electron chi connectivity index (χ0n) is 11.4. The van der Waals surface area contributed by atoms with Crippen LogP contribution in [0.15, 0.2) is 41.4 Å². The minimum Gasteiger partial charge on any atom is -0.543 e. The minimum absolute atomic E-state index is 0. The molecule has 0 fully saturated rings. The summed E-state index contributed by atoms with van der Waals surface area (Å²) < 4.78 is 0. The monoisotopic (exact) mass is 434 g/mol. The van der Waals surface area contributed by atoms with Gasteiger partial charge in [-0.05, 0) is 20.9 Å². The molecule has 21 heteroatoms. The molecule has 2 aliphatic rings. The van der Waals surface area contributed by atoms with Crippen molar-refractivity contribution in [3.63, 3.8) is 0 Å². The van der Waals surface area contributed by atoms with Gasteiger partial charge < -0.3 is 19.8 Å². The standard InChI is InChI=1S/2C2H2N6O4.Sr/c2*9-1(10)2(5-8(11)12)3-6-7-4-2;/h2*5H,(H,9,10);/q;;+2/p-2. The first-order chi connectivity index (χ1) is 11.1. The number of rotatable bonds is 6. The van der Waals surface area contributed by atoms with E-state index in [4.69, 9.17) is 0 Å². The summed E-state index contributed by atoms with van der Waals surface area (Å²) in [5.41, 5.74) is 2.59. The van der Waals surface area contributed by atoms with Gasteiger partial charge in [0.1, 0.15) is 11.9 Å². The van der Waals surface area contributed by atoms with E-state index in [2.05, 4.69) is 41.4 Å². The van der Waals surface area contributed by atoms with Crippen molar-refractivity contribution in [2.45, 2.75) is 11.6 Å². The van der Waals surface area contributed by atoms with E-state index in [0.717, 1.165) is 0 Å². The second-order valence-corrected chi connectivity index (χ2v) is 3.41. The van der Waals surface area contributed by atoms with Gasteiger partial charge in [-0.25, -0.2) is 20.2 Å². The number of nitrogens with zero attached hydrogens (tertiary/aromatic N) is 10. The van der Waals surface area contributed by atoms with Crippen LogP contribution >= 0.6 is 0 Å². The van der Waals surface area contributed by atoms with Gasteiger partial charge in [0, 0.05) is 0 Å². The van der Waals surface area contributed by atoms with Gasteiger partial charge in [0.15, 0.2) is 10.1 Å². The van der Waals surface area contributed by atoms with Crippen LogP contribution in [-0.2, 0) is 9.59 Å². The summed E-state index contributed by atoms with van der Waals surface area (Å²) in [6, 6.07) is 0. The van der Waals surface area contributed by atoms with E-state index in [9.17, 15) is 40.0 Å². The maximum Gasteiger partial charge on any atom is 2.00 e. The minimum atomic E-state index is -2.51. The molecule has 0 atom stereocenters. The zero-order valence-corrected chi connectivity index (χ0v) is 14.9. The Bertz CT molecular complexity index is 603. The number of hydrogen-bond donors (Lipinski definition) is 2. The molecule has 2 N–H and O–H groups in total. The first-order valence-corrected chi connectivity index (χ1v) is 5.09. The van der Waals surface area contributed by atoms with Crippen molar-refractivity contribution in [3.05, 3.63) is 20.2 Å². The van der Waals surface area contributed by atoms with E-state index >= 15 is 0 Å². The van der Waals surface area contributed by atoms with Crippen LogP contribution in [0.1, 0.15) is 0 Å². The Labute approximate surface area is 170 Å². The molecule has 2 rings (SSSR count). The van der Waals surface area contributed by atoms with Gasteiger partial charge in [0.05, 0.1) is 0 Å². The second-order valence-electron chi connectivity index (χ2n) is 3.41. The van der Waals surface area contributed by atoms with E-state index in [1.54, 1.807) is 0 Å². The third kappa shape index (κ3) is 5.66. The number of carbonyl (C=O) groups excluding carboxylic acids is 2. The molecule has 0 saturated carbocycles. The van der Waals surface area contributed by atoms with Crippen molar-refractivity contribution in [2.24, 2.45) is 41.4 Å². The molecule has 0 spiro atoms. The van der Waals surface area contributed by atoms with Crippen LogP contribution in [0.5, 0.6) is 0 Å². The van der Waals surface area contributed by atoms with Crippen molar-refractivity contribution in [1.82, 2.24) is 10.9 Å². The first kappa shape index (κ1) is 22.2. The molecule has 0 aliphatic carbocycles. The van der Waals surface area contributed by atoms with Gasteiger partial charge in [0.2, 0.25) is 0 Å². The number of aliphatic carboxylic acids is 2. The fourth-order valence-electron chi connectivity index (χ4n) is 0.978. The van der Waals surface area contributed by atoms with Crippen LogP contribution in [0.25, 0.3) is 0 Å². The maximum atomic E-state index is 10.3. The van der Waals surface area contributed by atoms with Gasteiger partial charge >= 0.3 is 57.1 Å². The molecular weight excluding hydrogens is 432 g/mol. The van der Waals surface area contributed by atoms with Crippen LogP contribution < -0.4 is 21.1 Å². The average molecular weight is 434 g/mol. The molecule has 2 aliphatic heterocycles. The molecule has 0 aromatic heterocycles. The third-order valence-corrected chi connectivity index (χ3v) is 1.90. The molecule has 0 saturated heterocycles. The van der Waals surface area contributed by atoms with Gasteiger partial charge in [-0.2, -0.15) is 0 Å². The molecule has 0 bridgehead atoms. The number of hydrogen-bond acceptors (Lipinski definition) is 16. The van der Waals surface area contributed by atoms with Crippen LogP contribution in [0.2, 0.25) is 0 Å². The first-order valence-electron chi connectivity index (χ1n) is 5.09. The summed E-state index contributed by atoms with van der Waals surface area (Å²) in [7, 11) is 0. The van der Waals surface area contributed by atoms with Crippen LogP contribution in [-0.4, -0.2) is 79.1 Å². The van der Waals surface area contributed by atoms with Gasteiger partial charge in [0.25, 0.3) is 0 Å². The topological polar surface area (TPSA) is 289 Å². The summed E-state index contributed by atoms with van der Waals surface area (Å²) in [6.45, 7) is 0. The Kier molecular flexibility index (Phi) is 7.91. The SMILES string of the molecule is O=C([O-])C1(N[N+](=O)[O-])N=NN=N1.O=C([O-])C1(N[N+](=O)[O-])N=NN=N1.[Sr+2]. The third-order valence-electron chi connectivity index (χ3n) is 1.90. The number of nitro groups is 2. The van der Waals surface area contributed by atoms with Crippen LogP contribution in [0.3, 0.4) is 0 Å². The number of carbonyl (C=O) groups is 2. The van der Waals surface area contributed by atoms with Crippen LogP contribution in [0, 0.1) is 20.2 Å². The summed E-state index contributed by atoms with van der Waals surface area (Å²) in [5.74, 6) is -8.82. The molecule has 0 amide bonds. The number of carboxylic acids is 2. The quantitative estimate of drug-likeness (QED) is 0.230. The molecule has 0 aromatic carbocycles. The summed E-state index contributed by atoms with van der Waals surface area (Å²) in [5, 5.41) is 60.8. The molecule has 20 nitrogen and oxygen atoms in total. The number of hydrazine groups is 2. The Morgan fingerprint density at radius 1 is 0.720 bits per heavy atom. The van der Waals surface area contributed by atoms with E-state index in [-0.39, 0.29) is 45.5 Å². The molecular formula is C4H2N12O8Sr. The fourth-order valence-corrected chi connectivity index (χ4v) is 0.978.